The third-order valence-corrected chi connectivity index (χ3v) is 1.59. The molecule has 0 fully saturated rings. The maximum absolute atomic E-state index is 10.6. The van der Waals surface area contributed by atoms with Gasteiger partial charge < -0.3 is 16.1 Å². The predicted molar refractivity (Wildman–Crippen MR) is 43.8 cm³/mol. The lowest BCUT2D eigenvalue weighted by Crippen LogP contribution is -2.16. The summed E-state index contributed by atoms with van der Waals surface area (Å²) in [5.74, 6) is -1.30. The molecule has 0 aliphatic rings. The maximum atomic E-state index is 10.6. The molecule has 10 heteroatoms. The molecule has 0 spiro atoms. The van der Waals surface area contributed by atoms with Crippen LogP contribution in [0.15, 0.2) is 6.33 Å². The number of carbonyl (C=O) groups is 1. The van der Waals surface area contributed by atoms with Crippen LogP contribution in [0.25, 0.3) is 0 Å². The summed E-state index contributed by atoms with van der Waals surface area (Å²) in [6.45, 7) is 0. The number of anilines is 1. The zero-order chi connectivity index (χ0) is 10.9. The zero-order valence-corrected chi connectivity index (χ0v) is 7.59. The summed E-state index contributed by atoms with van der Waals surface area (Å²) in [5.41, 5.74) is 9.77. The van der Waals surface area contributed by atoms with Crippen LogP contribution in [0.1, 0.15) is 10.5 Å². The molecule has 0 aromatic carbocycles. The van der Waals surface area contributed by atoms with Crippen LogP contribution in [-0.4, -0.2) is 25.4 Å². The largest absolute Gasteiger partial charge is 0.543 e. The Morgan fingerprint density at radius 1 is 1.64 bits per heavy atom. The highest BCUT2D eigenvalue weighted by atomic mass is 31.2. The molecule has 6 N–H and O–H groups in total. The standard InChI is InChI=1S/C4H7N4O5P/c5-3-2(4(6)9)7-1-8(3)13-14(10,11)12/h1H,5H2,(H2,6,9)(H2,10,11,12). The van der Waals surface area contributed by atoms with E-state index in [4.69, 9.17) is 21.3 Å². The van der Waals surface area contributed by atoms with Crippen molar-refractivity contribution >= 4 is 19.5 Å². The van der Waals surface area contributed by atoms with Crippen molar-refractivity contribution in [3.63, 3.8) is 0 Å². The van der Waals surface area contributed by atoms with E-state index in [2.05, 4.69) is 9.61 Å². The van der Waals surface area contributed by atoms with E-state index in [1.165, 1.54) is 0 Å². The fourth-order valence-electron chi connectivity index (χ4n) is 0.712. The van der Waals surface area contributed by atoms with Crippen LogP contribution < -0.4 is 16.1 Å². The molecule has 0 bridgehead atoms. The van der Waals surface area contributed by atoms with Gasteiger partial charge in [0.1, 0.15) is 6.33 Å². The molecule has 0 saturated heterocycles. The van der Waals surface area contributed by atoms with Crippen molar-refractivity contribution in [3.8, 4) is 0 Å². The van der Waals surface area contributed by atoms with Crippen LogP contribution in [0.4, 0.5) is 5.82 Å². The van der Waals surface area contributed by atoms with Gasteiger partial charge in [-0.1, -0.05) is 0 Å². The number of hydrogen-bond donors (Lipinski definition) is 4. The topological polar surface area (TPSA) is 154 Å². The molecule has 1 rings (SSSR count). The Balaban J connectivity index is 3.02. The van der Waals surface area contributed by atoms with Crippen LogP contribution >= 0.6 is 7.82 Å². The number of nitrogen functional groups attached to an aromatic ring is 1. The molecule has 0 unspecified atom stereocenters. The maximum Gasteiger partial charge on any atom is 0.543 e. The number of rotatable bonds is 3. The first-order chi connectivity index (χ1) is 6.31. The number of nitrogens with zero attached hydrogens (tertiary/aromatic N) is 2. The Morgan fingerprint density at radius 3 is 2.57 bits per heavy atom. The number of phosphoric acid groups is 1. The fraction of sp³-hybridized carbons (Fsp3) is 0. The minimum Gasteiger partial charge on any atom is -0.381 e. The molecular formula is C4H7N4O5P. The van der Waals surface area contributed by atoms with Crippen molar-refractivity contribution in [1.82, 2.24) is 9.71 Å². The normalized spacial score (nSPS) is 11.3. The average Bonchev–Trinajstić information content (AvgIpc) is 2.29. The number of aromatic nitrogens is 2. The molecule has 0 radical (unpaired) electrons. The second-order valence-corrected chi connectivity index (χ2v) is 3.39. The molecule has 9 nitrogen and oxygen atoms in total. The SMILES string of the molecule is NC(=O)c1ncn(OP(=O)(O)O)c1N. The fourth-order valence-corrected chi connectivity index (χ4v) is 1.07. The van der Waals surface area contributed by atoms with E-state index < -0.39 is 13.7 Å². The highest BCUT2D eigenvalue weighted by molar-refractivity contribution is 7.46. The number of primary amides is 1. The number of hydrogen-bond acceptors (Lipinski definition) is 5. The van der Waals surface area contributed by atoms with E-state index in [9.17, 15) is 9.36 Å². The van der Waals surface area contributed by atoms with E-state index in [1.54, 1.807) is 0 Å². The first kappa shape index (κ1) is 10.5. The van der Waals surface area contributed by atoms with E-state index in [0.29, 0.717) is 4.73 Å². The molecular weight excluding hydrogens is 215 g/mol. The lowest BCUT2D eigenvalue weighted by Gasteiger charge is -2.06. The van der Waals surface area contributed by atoms with Gasteiger partial charge >= 0.3 is 7.82 Å². The molecule has 0 aliphatic heterocycles. The van der Waals surface area contributed by atoms with Crippen molar-refractivity contribution in [2.24, 2.45) is 5.73 Å². The van der Waals surface area contributed by atoms with Crippen molar-refractivity contribution in [2.45, 2.75) is 0 Å². The average molecular weight is 222 g/mol. The molecule has 1 heterocycles. The third-order valence-electron chi connectivity index (χ3n) is 1.20. The molecule has 0 atom stereocenters. The highest BCUT2D eigenvalue weighted by Gasteiger charge is 2.21. The van der Waals surface area contributed by atoms with Crippen LogP contribution in [-0.2, 0) is 4.57 Å². The lowest BCUT2D eigenvalue weighted by atomic mass is 10.4. The van der Waals surface area contributed by atoms with Crippen molar-refractivity contribution in [2.75, 3.05) is 5.73 Å². The third kappa shape index (κ3) is 2.22. The molecule has 1 aromatic rings. The van der Waals surface area contributed by atoms with E-state index in [1.807, 2.05) is 0 Å². The summed E-state index contributed by atoms with van der Waals surface area (Å²) in [6.07, 6.45) is 0.828. The van der Waals surface area contributed by atoms with E-state index in [-0.39, 0.29) is 11.5 Å². The molecule has 0 saturated carbocycles. The van der Waals surface area contributed by atoms with Gasteiger partial charge in [0.25, 0.3) is 5.91 Å². The molecule has 1 amide bonds. The Hall–Kier alpha value is -1.57. The first-order valence-corrected chi connectivity index (χ1v) is 4.72. The first-order valence-electron chi connectivity index (χ1n) is 3.19. The number of nitrogens with two attached hydrogens (primary N) is 2. The van der Waals surface area contributed by atoms with Gasteiger partial charge in [0.05, 0.1) is 0 Å². The summed E-state index contributed by atoms with van der Waals surface area (Å²) < 4.78 is 14.9. The highest BCUT2D eigenvalue weighted by Crippen LogP contribution is 2.32. The molecule has 78 valence electrons. The predicted octanol–water partition coefficient (Wildman–Crippen LogP) is -1.91. The van der Waals surface area contributed by atoms with Gasteiger partial charge in [0, 0.05) is 0 Å². The van der Waals surface area contributed by atoms with Crippen molar-refractivity contribution in [3.05, 3.63) is 12.0 Å². The number of amides is 1. The summed E-state index contributed by atoms with van der Waals surface area (Å²) in [5, 5.41) is 0. The minimum atomic E-state index is -4.74. The van der Waals surface area contributed by atoms with Gasteiger partial charge in [-0.2, -0.15) is 0 Å². The molecule has 1 aromatic heterocycles. The van der Waals surface area contributed by atoms with Crippen LogP contribution in [0.3, 0.4) is 0 Å². The van der Waals surface area contributed by atoms with Gasteiger partial charge in [0.15, 0.2) is 11.5 Å². The number of imidazole rings is 1. The second-order valence-electron chi connectivity index (χ2n) is 2.24. The van der Waals surface area contributed by atoms with Gasteiger partial charge in [-0.25, -0.2) is 9.55 Å². The minimum absolute atomic E-state index is 0.321. The second kappa shape index (κ2) is 3.29. The van der Waals surface area contributed by atoms with Crippen molar-refractivity contribution in [1.29, 1.82) is 0 Å². The van der Waals surface area contributed by atoms with Gasteiger partial charge in [-0.05, 0) is 0 Å². The number of carbonyl (C=O) groups excluding carboxylic acids is 1. The monoisotopic (exact) mass is 222 g/mol. The van der Waals surface area contributed by atoms with Crippen LogP contribution in [0, 0.1) is 0 Å². The van der Waals surface area contributed by atoms with Crippen molar-refractivity contribution < 1.29 is 23.8 Å². The zero-order valence-electron chi connectivity index (χ0n) is 6.69. The van der Waals surface area contributed by atoms with Gasteiger partial charge in [-0.3, -0.25) is 14.6 Å². The summed E-state index contributed by atoms with van der Waals surface area (Å²) >= 11 is 0. The molecule has 14 heavy (non-hydrogen) atoms. The Morgan fingerprint density at radius 2 is 2.21 bits per heavy atom. The van der Waals surface area contributed by atoms with Gasteiger partial charge in [-0.15, -0.1) is 4.73 Å². The summed E-state index contributed by atoms with van der Waals surface area (Å²) in [4.78, 5) is 30.8. The Labute approximate surface area is 77.5 Å². The van der Waals surface area contributed by atoms with Crippen LogP contribution in [0.2, 0.25) is 0 Å². The smallest absolute Gasteiger partial charge is 0.381 e. The van der Waals surface area contributed by atoms with Crippen LogP contribution in [0.5, 0.6) is 0 Å². The van der Waals surface area contributed by atoms with Gasteiger partial charge in [0.2, 0.25) is 0 Å². The lowest BCUT2D eigenvalue weighted by molar-refractivity contribution is 0.0995. The Bertz CT molecular complexity index is 408. The summed E-state index contributed by atoms with van der Waals surface area (Å²) in [6, 6.07) is 0. The van der Waals surface area contributed by atoms with E-state index in [0.717, 1.165) is 6.33 Å². The quantitative estimate of drug-likeness (QED) is 0.435. The Kier molecular flexibility index (Phi) is 2.47. The van der Waals surface area contributed by atoms with E-state index >= 15 is 0 Å². The molecule has 0 aliphatic carbocycles. The summed E-state index contributed by atoms with van der Waals surface area (Å²) in [7, 11) is -4.74.